The van der Waals surface area contributed by atoms with Crippen molar-refractivity contribution in [1.82, 2.24) is 19.4 Å². The van der Waals surface area contributed by atoms with Crippen molar-refractivity contribution in [1.29, 1.82) is 0 Å². The van der Waals surface area contributed by atoms with E-state index >= 15 is 0 Å². The minimum atomic E-state index is -0.188. The van der Waals surface area contributed by atoms with E-state index in [2.05, 4.69) is 37.9 Å². The number of phenols is 1. The van der Waals surface area contributed by atoms with Gasteiger partial charge in [0.05, 0.1) is 28.5 Å². The van der Waals surface area contributed by atoms with E-state index in [1.807, 2.05) is 11.0 Å². The molecule has 3 heterocycles. The zero-order chi connectivity index (χ0) is 26.2. The van der Waals surface area contributed by atoms with Crippen LogP contribution in [0.15, 0.2) is 42.5 Å². The molecule has 2 saturated heterocycles. The van der Waals surface area contributed by atoms with Crippen LogP contribution in [0, 0.1) is 11.8 Å². The van der Waals surface area contributed by atoms with Gasteiger partial charge in [0.25, 0.3) is 0 Å². The first-order valence-electron chi connectivity index (χ1n) is 13.4. The monoisotopic (exact) mass is 536 g/mol. The van der Waals surface area contributed by atoms with Crippen molar-refractivity contribution in [3.63, 3.8) is 0 Å². The van der Waals surface area contributed by atoms with Gasteiger partial charge in [0.2, 0.25) is 17.8 Å². The van der Waals surface area contributed by atoms with Crippen molar-refractivity contribution >= 4 is 46.1 Å². The fourth-order valence-electron chi connectivity index (χ4n) is 5.51. The number of carbonyl (C=O) groups is 2. The molecule has 3 fully saturated rings. The number of para-hydroxylation sites is 2. The number of phenolic OH excluding ortho intramolecular Hbond substituents is 1. The van der Waals surface area contributed by atoms with Gasteiger partial charge < -0.3 is 24.8 Å². The molecule has 1 atom stereocenters. The maximum Gasteiger partial charge on any atom is 0.236 e. The number of nitrogens with one attached hydrogen (secondary N) is 1. The van der Waals surface area contributed by atoms with Gasteiger partial charge in [-0.05, 0) is 62.1 Å². The molecule has 2 amide bonds. The van der Waals surface area contributed by atoms with Crippen LogP contribution < -0.4 is 10.2 Å². The fraction of sp³-hybridized carbons (Fsp3) is 0.464. The summed E-state index contributed by atoms with van der Waals surface area (Å²) >= 11 is 5.94. The summed E-state index contributed by atoms with van der Waals surface area (Å²) in [5.74, 6) is 1.58. The third-order valence-electron chi connectivity index (χ3n) is 7.90. The van der Waals surface area contributed by atoms with E-state index in [1.165, 1.54) is 30.5 Å². The first-order valence-corrected chi connectivity index (χ1v) is 13.8. The molecule has 200 valence electrons. The normalized spacial score (nSPS) is 20.3. The molecule has 2 aliphatic heterocycles. The summed E-state index contributed by atoms with van der Waals surface area (Å²) in [6.07, 6.45) is 3.28. The second kappa shape index (κ2) is 10.5. The topological polar surface area (TPSA) is 93.9 Å². The molecule has 1 saturated carbocycles. The molecule has 3 aliphatic rings. The number of anilines is 2. The molecule has 1 aliphatic carbocycles. The molecule has 0 radical (unpaired) electrons. The van der Waals surface area contributed by atoms with Crippen molar-refractivity contribution in [3.05, 3.63) is 47.5 Å². The van der Waals surface area contributed by atoms with Crippen LogP contribution in [0.2, 0.25) is 5.02 Å². The Balaban J connectivity index is 1.01. The van der Waals surface area contributed by atoms with Gasteiger partial charge in [0.15, 0.2) is 0 Å². The van der Waals surface area contributed by atoms with Crippen molar-refractivity contribution in [2.24, 2.45) is 11.8 Å². The number of hydrogen-bond acceptors (Lipinski definition) is 6. The van der Waals surface area contributed by atoms with Gasteiger partial charge in [0.1, 0.15) is 5.75 Å². The zero-order valence-electron chi connectivity index (χ0n) is 21.4. The number of carbonyl (C=O) groups excluding carboxylic acids is 2. The number of benzene rings is 2. The van der Waals surface area contributed by atoms with Crippen LogP contribution in [0.4, 0.5) is 11.6 Å². The lowest BCUT2D eigenvalue weighted by Crippen LogP contribution is -2.51. The van der Waals surface area contributed by atoms with Gasteiger partial charge in [-0.15, -0.1) is 0 Å². The Bertz CT molecular complexity index is 1350. The molecule has 10 heteroatoms. The minimum absolute atomic E-state index is 0.0204. The molecular formula is C28H33ClN6O3. The van der Waals surface area contributed by atoms with Crippen LogP contribution >= 0.6 is 11.6 Å². The summed E-state index contributed by atoms with van der Waals surface area (Å²) in [5.41, 5.74) is 2.77. The first kappa shape index (κ1) is 25.0. The third-order valence-corrected chi connectivity index (χ3v) is 8.21. The number of piperazine rings is 1. The van der Waals surface area contributed by atoms with Crippen LogP contribution in [0.25, 0.3) is 11.0 Å². The fourth-order valence-corrected chi connectivity index (χ4v) is 5.69. The predicted molar refractivity (Wildman–Crippen MR) is 148 cm³/mol. The summed E-state index contributed by atoms with van der Waals surface area (Å²) in [4.78, 5) is 37.1. The summed E-state index contributed by atoms with van der Waals surface area (Å²) in [6.45, 7) is 5.48. The maximum absolute atomic E-state index is 13.1. The van der Waals surface area contributed by atoms with Gasteiger partial charge in [-0.1, -0.05) is 23.7 Å². The van der Waals surface area contributed by atoms with Crippen molar-refractivity contribution in [2.45, 2.75) is 25.8 Å². The van der Waals surface area contributed by atoms with Gasteiger partial charge >= 0.3 is 0 Å². The molecule has 1 aromatic heterocycles. The Morgan fingerprint density at radius 3 is 2.58 bits per heavy atom. The van der Waals surface area contributed by atoms with E-state index in [9.17, 15) is 14.7 Å². The minimum Gasteiger partial charge on any atom is -0.506 e. The number of imidazole rings is 1. The Hall–Kier alpha value is -3.30. The number of fused-ring (bicyclic) bond motifs is 1. The smallest absolute Gasteiger partial charge is 0.236 e. The summed E-state index contributed by atoms with van der Waals surface area (Å²) in [7, 11) is 0. The largest absolute Gasteiger partial charge is 0.506 e. The van der Waals surface area contributed by atoms with Gasteiger partial charge in [-0.2, -0.15) is 0 Å². The average molecular weight is 537 g/mol. The van der Waals surface area contributed by atoms with E-state index in [-0.39, 0.29) is 28.5 Å². The summed E-state index contributed by atoms with van der Waals surface area (Å²) in [5, 5.41) is 12.6. The number of nitrogens with zero attached hydrogens (tertiary/aromatic N) is 5. The van der Waals surface area contributed by atoms with Crippen LogP contribution in [-0.2, 0) is 16.1 Å². The van der Waals surface area contributed by atoms with Gasteiger partial charge in [-0.3, -0.25) is 14.5 Å². The maximum atomic E-state index is 13.1. The standard InChI is InChI=1S/C28H33ClN6O3/c29-22-15-21(7-8-25(22)36)30-27(38)20-9-10-32(17-20)18-26(37)33-11-13-34(14-12-33)28-31-23-3-1-2-4-24(23)35(28)16-19-5-6-19/h1-4,7-8,15,19-20,36H,5-6,9-14,16-18H2,(H,30,38)/t20-/m1/s1. The lowest BCUT2D eigenvalue weighted by atomic mass is 10.1. The number of aromatic nitrogens is 2. The Labute approximate surface area is 227 Å². The average Bonchev–Trinajstić information content (AvgIpc) is 3.49. The van der Waals surface area contributed by atoms with Gasteiger partial charge in [0, 0.05) is 45.0 Å². The van der Waals surface area contributed by atoms with Crippen molar-refractivity contribution in [2.75, 3.05) is 56.0 Å². The number of hydrogen-bond donors (Lipinski definition) is 2. The number of likely N-dealkylation sites (tertiary alicyclic amines) is 1. The van der Waals surface area contributed by atoms with E-state index in [4.69, 9.17) is 16.6 Å². The highest BCUT2D eigenvalue weighted by Gasteiger charge is 2.32. The zero-order valence-corrected chi connectivity index (χ0v) is 22.1. The lowest BCUT2D eigenvalue weighted by Gasteiger charge is -2.36. The summed E-state index contributed by atoms with van der Waals surface area (Å²) in [6, 6.07) is 12.9. The second-order valence-corrected chi connectivity index (χ2v) is 11.1. The van der Waals surface area contributed by atoms with Crippen LogP contribution in [-0.4, -0.2) is 82.1 Å². The third kappa shape index (κ3) is 5.31. The van der Waals surface area contributed by atoms with E-state index < -0.39 is 0 Å². The number of halogens is 1. The lowest BCUT2D eigenvalue weighted by molar-refractivity contribution is -0.132. The quantitative estimate of drug-likeness (QED) is 0.449. The van der Waals surface area contributed by atoms with Crippen molar-refractivity contribution < 1.29 is 14.7 Å². The highest BCUT2D eigenvalue weighted by Crippen LogP contribution is 2.34. The summed E-state index contributed by atoms with van der Waals surface area (Å²) < 4.78 is 2.37. The van der Waals surface area contributed by atoms with E-state index in [0.29, 0.717) is 44.8 Å². The van der Waals surface area contributed by atoms with Crippen LogP contribution in [0.3, 0.4) is 0 Å². The first-order chi connectivity index (χ1) is 18.4. The van der Waals surface area contributed by atoms with E-state index in [0.717, 1.165) is 37.0 Å². The van der Waals surface area contributed by atoms with Gasteiger partial charge in [-0.25, -0.2) is 4.98 Å². The van der Waals surface area contributed by atoms with Crippen LogP contribution in [0.5, 0.6) is 5.75 Å². The molecule has 9 nitrogen and oxygen atoms in total. The molecular weight excluding hydrogens is 504 g/mol. The molecule has 0 spiro atoms. The highest BCUT2D eigenvalue weighted by molar-refractivity contribution is 6.32. The number of amides is 2. The number of aromatic hydroxyl groups is 1. The molecule has 2 N–H and O–H groups in total. The molecule has 3 aromatic rings. The van der Waals surface area contributed by atoms with Crippen LogP contribution in [0.1, 0.15) is 19.3 Å². The number of rotatable bonds is 7. The Kier molecular flexibility index (Phi) is 6.88. The molecule has 0 bridgehead atoms. The molecule has 0 unspecified atom stereocenters. The Morgan fingerprint density at radius 2 is 1.82 bits per heavy atom. The second-order valence-electron chi connectivity index (χ2n) is 10.7. The molecule has 6 rings (SSSR count). The predicted octanol–water partition coefficient (Wildman–Crippen LogP) is 3.41. The van der Waals surface area contributed by atoms with Crippen molar-refractivity contribution in [3.8, 4) is 5.75 Å². The van der Waals surface area contributed by atoms with E-state index in [1.54, 1.807) is 6.07 Å². The highest BCUT2D eigenvalue weighted by atomic mass is 35.5. The SMILES string of the molecule is O=C(Nc1ccc(O)c(Cl)c1)[C@@H]1CCN(CC(=O)N2CCN(c3nc4ccccc4n3CC3CC3)CC2)C1. The molecule has 2 aromatic carbocycles. The molecule has 38 heavy (non-hydrogen) atoms. The Morgan fingerprint density at radius 1 is 1.03 bits per heavy atom.